The van der Waals surface area contributed by atoms with Gasteiger partial charge in [0.05, 0.1) is 6.10 Å². The summed E-state index contributed by atoms with van der Waals surface area (Å²) in [6.07, 6.45) is 4.87. The van der Waals surface area contributed by atoms with E-state index in [-0.39, 0.29) is 6.10 Å². The van der Waals surface area contributed by atoms with E-state index >= 15 is 0 Å². The van der Waals surface area contributed by atoms with E-state index in [9.17, 15) is 5.11 Å². The molecule has 1 saturated carbocycles. The van der Waals surface area contributed by atoms with E-state index in [4.69, 9.17) is 0 Å². The molecule has 1 aliphatic rings. The van der Waals surface area contributed by atoms with Gasteiger partial charge in [0.2, 0.25) is 0 Å². The first-order valence-corrected chi connectivity index (χ1v) is 7.60. The standard InChI is InChI=1S/C13H17BrOS/c14-11-6-3-7-12(8-11)16-9-13(15)10-4-1-2-5-10/h3,6-8,10,13,15H,1-2,4-5,9H2. The molecule has 0 aromatic heterocycles. The monoisotopic (exact) mass is 300 g/mol. The summed E-state index contributed by atoms with van der Waals surface area (Å²) >= 11 is 5.21. The van der Waals surface area contributed by atoms with E-state index in [1.54, 1.807) is 11.8 Å². The van der Waals surface area contributed by atoms with Crippen molar-refractivity contribution >= 4 is 27.7 Å². The first-order chi connectivity index (χ1) is 7.75. The van der Waals surface area contributed by atoms with Crippen molar-refractivity contribution < 1.29 is 5.11 Å². The van der Waals surface area contributed by atoms with Crippen LogP contribution in [-0.2, 0) is 0 Å². The zero-order valence-electron chi connectivity index (χ0n) is 9.23. The number of rotatable bonds is 4. The smallest absolute Gasteiger partial charge is 0.0662 e. The number of thioether (sulfide) groups is 1. The van der Waals surface area contributed by atoms with Gasteiger partial charge in [-0.15, -0.1) is 11.8 Å². The minimum absolute atomic E-state index is 0.133. The molecule has 0 bridgehead atoms. The Morgan fingerprint density at radius 1 is 1.38 bits per heavy atom. The Balaban J connectivity index is 1.82. The van der Waals surface area contributed by atoms with Gasteiger partial charge in [-0.25, -0.2) is 0 Å². The largest absolute Gasteiger partial charge is 0.392 e. The highest BCUT2D eigenvalue weighted by Crippen LogP contribution is 2.31. The molecule has 0 heterocycles. The fraction of sp³-hybridized carbons (Fsp3) is 0.538. The lowest BCUT2D eigenvalue weighted by Gasteiger charge is -2.16. The Kier molecular flexibility index (Phi) is 4.74. The maximum absolute atomic E-state index is 10.0. The molecule has 0 radical (unpaired) electrons. The molecule has 1 N–H and O–H groups in total. The molecule has 1 aromatic rings. The van der Waals surface area contributed by atoms with Crippen LogP contribution in [0.2, 0.25) is 0 Å². The molecular formula is C13H17BrOS. The molecule has 0 spiro atoms. The predicted molar refractivity (Wildman–Crippen MR) is 72.8 cm³/mol. The van der Waals surface area contributed by atoms with Gasteiger partial charge in [-0.2, -0.15) is 0 Å². The molecule has 1 nitrogen and oxygen atoms in total. The average Bonchev–Trinajstić information content (AvgIpc) is 2.79. The van der Waals surface area contributed by atoms with E-state index in [0.29, 0.717) is 5.92 Å². The molecule has 0 amide bonds. The summed E-state index contributed by atoms with van der Waals surface area (Å²) in [5.41, 5.74) is 0. The van der Waals surface area contributed by atoms with Crippen LogP contribution in [0.1, 0.15) is 25.7 Å². The van der Waals surface area contributed by atoms with Gasteiger partial charge in [0.1, 0.15) is 0 Å². The zero-order chi connectivity index (χ0) is 11.4. The maximum atomic E-state index is 10.0. The van der Waals surface area contributed by atoms with Crippen LogP contribution < -0.4 is 0 Å². The normalized spacial score (nSPS) is 18.9. The van der Waals surface area contributed by atoms with Crippen molar-refractivity contribution in [3.63, 3.8) is 0 Å². The summed E-state index contributed by atoms with van der Waals surface area (Å²) in [5, 5.41) is 10.0. The van der Waals surface area contributed by atoms with Crippen molar-refractivity contribution in [1.82, 2.24) is 0 Å². The predicted octanol–water partition coefficient (Wildman–Crippen LogP) is 4.09. The van der Waals surface area contributed by atoms with Gasteiger partial charge in [0, 0.05) is 15.1 Å². The Hall–Kier alpha value is 0.01000. The number of hydrogen-bond donors (Lipinski definition) is 1. The van der Waals surface area contributed by atoms with Crippen LogP contribution in [0.3, 0.4) is 0 Å². The molecule has 3 heteroatoms. The minimum atomic E-state index is -0.133. The Morgan fingerprint density at radius 3 is 2.81 bits per heavy atom. The lowest BCUT2D eigenvalue weighted by atomic mass is 10.0. The average molecular weight is 301 g/mol. The second-order valence-electron chi connectivity index (χ2n) is 4.38. The van der Waals surface area contributed by atoms with Gasteiger partial charge >= 0.3 is 0 Å². The van der Waals surface area contributed by atoms with E-state index in [0.717, 1.165) is 10.2 Å². The highest BCUT2D eigenvalue weighted by Gasteiger charge is 2.22. The van der Waals surface area contributed by atoms with Crippen molar-refractivity contribution in [2.45, 2.75) is 36.7 Å². The third-order valence-corrected chi connectivity index (χ3v) is 4.75. The molecule has 88 valence electrons. The fourth-order valence-electron chi connectivity index (χ4n) is 2.22. The third kappa shape index (κ3) is 3.51. The number of halogens is 1. The zero-order valence-corrected chi connectivity index (χ0v) is 11.6. The van der Waals surface area contributed by atoms with E-state index in [2.05, 4.69) is 28.1 Å². The van der Waals surface area contributed by atoms with Gasteiger partial charge in [-0.1, -0.05) is 34.8 Å². The highest BCUT2D eigenvalue weighted by atomic mass is 79.9. The van der Waals surface area contributed by atoms with Crippen molar-refractivity contribution in [3.05, 3.63) is 28.7 Å². The number of aliphatic hydroxyl groups is 1. The summed E-state index contributed by atoms with van der Waals surface area (Å²) in [6.45, 7) is 0. The topological polar surface area (TPSA) is 20.2 Å². The van der Waals surface area contributed by atoms with Crippen LogP contribution in [0.25, 0.3) is 0 Å². The first kappa shape index (κ1) is 12.5. The molecule has 1 atom stereocenters. The van der Waals surface area contributed by atoms with Gasteiger partial charge in [-0.05, 0) is 37.0 Å². The summed E-state index contributed by atoms with van der Waals surface area (Å²) in [6, 6.07) is 8.26. The quantitative estimate of drug-likeness (QED) is 0.845. The SMILES string of the molecule is OC(CSc1cccc(Br)c1)C1CCCC1. The Labute approximate surface area is 110 Å². The molecule has 1 aliphatic carbocycles. The molecule has 2 rings (SSSR count). The second kappa shape index (κ2) is 6.08. The number of aliphatic hydroxyl groups excluding tert-OH is 1. The molecule has 16 heavy (non-hydrogen) atoms. The van der Waals surface area contributed by atoms with Gasteiger partial charge in [0.25, 0.3) is 0 Å². The Bertz CT molecular complexity index is 336. The van der Waals surface area contributed by atoms with Crippen LogP contribution in [0, 0.1) is 5.92 Å². The number of benzene rings is 1. The molecule has 1 fully saturated rings. The van der Waals surface area contributed by atoms with Crippen LogP contribution in [0.5, 0.6) is 0 Å². The van der Waals surface area contributed by atoms with Crippen LogP contribution in [0.15, 0.2) is 33.6 Å². The molecule has 0 aliphatic heterocycles. The van der Waals surface area contributed by atoms with E-state index in [1.807, 2.05) is 12.1 Å². The van der Waals surface area contributed by atoms with Crippen molar-refractivity contribution in [3.8, 4) is 0 Å². The van der Waals surface area contributed by atoms with Crippen molar-refractivity contribution in [2.24, 2.45) is 5.92 Å². The lowest BCUT2D eigenvalue weighted by Crippen LogP contribution is -2.20. The minimum Gasteiger partial charge on any atom is -0.392 e. The van der Waals surface area contributed by atoms with Crippen molar-refractivity contribution in [1.29, 1.82) is 0 Å². The maximum Gasteiger partial charge on any atom is 0.0662 e. The molecule has 1 aromatic carbocycles. The summed E-state index contributed by atoms with van der Waals surface area (Å²) in [7, 11) is 0. The number of hydrogen-bond acceptors (Lipinski definition) is 2. The highest BCUT2D eigenvalue weighted by molar-refractivity contribution is 9.10. The first-order valence-electron chi connectivity index (χ1n) is 5.82. The molecule has 0 saturated heterocycles. The lowest BCUT2D eigenvalue weighted by molar-refractivity contribution is 0.133. The third-order valence-electron chi connectivity index (χ3n) is 3.16. The summed E-state index contributed by atoms with van der Waals surface area (Å²) < 4.78 is 1.10. The van der Waals surface area contributed by atoms with Crippen LogP contribution in [0.4, 0.5) is 0 Å². The van der Waals surface area contributed by atoms with Crippen LogP contribution in [-0.4, -0.2) is 17.0 Å². The van der Waals surface area contributed by atoms with Gasteiger partial charge in [-0.3, -0.25) is 0 Å². The second-order valence-corrected chi connectivity index (χ2v) is 6.39. The molecule has 1 unspecified atom stereocenters. The Morgan fingerprint density at radius 2 is 2.12 bits per heavy atom. The van der Waals surface area contributed by atoms with Gasteiger partial charge < -0.3 is 5.11 Å². The summed E-state index contributed by atoms with van der Waals surface area (Å²) in [5.74, 6) is 1.36. The van der Waals surface area contributed by atoms with Crippen LogP contribution >= 0.6 is 27.7 Å². The summed E-state index contributed by atoms with van der Waals surface area (Å²) in [4.78, 5) is 1.23. The van der Waals surface area contributed by atoms with E-state index in [1.165, 1.54) is 30.6 Å². The van der Waals surface area contributed by atoms with Gasteiger partial charge in [0.15, 0.2) is 0 Å². The van der Waals surface area contributed by atoms with E-state index < -0.39 is 0 Å². The van der Waals surface area contributed by atoms with Crippen molar-refractivity contribution in [2.75, 3.05) is 5.75 Å². The fourth-order valence-corrected chi connectivity index (χ4v) is 3.79. The molecular weight excluding hydrogens is 284 g/mol.